The van der Waals surface area contributed by atoms with Gasteiger partial charge >= 0.3 is 0 Å². The molecule has 0 spiro atoms. The summed E-state index contributed by atoms with van der Waals surface area (Å²) in [5.41, 5.74) is 0.867. The molecule has 2 aromatic rings. The van der Waals surface area contributed by atoms with Crippen LogP contribution in [0.1, 0.15) is 0 Å². The van der Waals surface area contributed by atoms with Crippen LogP contribution in [-0.4, -0.2) is 15.3 Å². The second-order valence-electron chi connectivity index (χ2n) is 2.61. The lowest BCUT2D eigenvalue weighted by atomic mass is 10.1. The van der Waals surface area contributed by atoms with Crippen LogP contribution in [0.3, 0.4) is 0 Å². The van der Waals surface area contributed by atoms with Crippen LogP contribution in [0.2, 0.25) is 0 Å². The van der Waals surface area contributed by atoms with Crippen molar-refractivity contribution in [2.75, 3.05) is 0 Å². The van der Waals surface area contributed by atoms with Crippen LogP contribution >= 0.6 is 0 Å². The molecule has 1 aromatic heterocycles. The Morgan fingerprint density at radius 3 is 2.85 bits per heavy atom. The Morgan fingerprint density at radius 2 is 2.15 bits per heavy atom. The number of nitrogens with one attached hydrogen (secondary N) is 1. The molecule has 0 amide bonds. The van der Waals surface area contributed by atoms with E-state index >= 15 is 0 Å². The van der Waals surface area contributed by atoms with E-state index in [9.17, 15) is 4.39 Å². The predicted octanol–water partition coefficient (Wildman–Crippen LogP) is 1.92. The molecular weight excluding hydrogens is 171 g/mol. The topological polar surface area (TPSA) is 48.9 Å². The van der Waals surface area contributed by atoms with Gasteiger partial charge in [-0.1, -0.05) is 6.07 Å². The Kier molecular flexibility index (Phi) is 1.73. The highest BCUT2D eigenvalue weighted by Crippen LogP contribution is 2.26. The molecule has 0 saturated heterocycles. The van der Waals surface area contributed by atoms with E-state index < -0.39 is 5.82 Å². The molecule has 4 heteroatoms. The van der Waals surface area contributed by atoms with E-state index in [1.807, 2.05) is 0 Å². The van der Waals surface area contributed by atoms with Gasteiger partial charge in [0.1, 0.15) is 0 Å². The first kappa shape index (κ1) is 7.79. The lowest BCUT2D eigenvalue weighted by molar-refractivity contribution is 0.433. The highest BCUT2D eigenvalue weighted by Gasteiger charge is 2.08. The molecule has 0 unspecified atom stereocenters. The largest absolute Gasteiger partial charge is 0.505 e. The van der Waals surface area contributed by atoms with Gasteiger partial charge < -0.3 is 5.11 Å². The molecule has 66 valence electrons. The van der Waals surface area contributed by atoms with Gasteiger partial charge in [0.2, 0.25) is 0 Å². The van der Waals surface area contributed by atoms with Crippen molar-refractivity contribution in [1.29, 1.82) is 0 Å². The summed E-state index contributed by atoms with van der Waals surface area (Å²) in [7, 11) is 0. The zero-order chi connectivity index (χ0) is 9.26. The fraction of sp³-hybridized carbons (Fsp3) is 0. The molecule has 0 atom stereocenters. The SMILES string of the molecule is Oc1cccc(-c2ccn[nH]2)c1F. The van der Waals surface area contributed by atoms with Crippen molar-refractivity contribution in [3.63, 3.8) is 0 Å². The van der Waals surface area contributed by atoms with Crippen LogP contribution in [0.15, 0.2) is 30.5 Å². The van der Waals surface area contributed by atoms with E-state index in [0.717, 1.165) is 0 Å². The molecule has 1 heterocycles. The molecule has 0 radical (unpaired) electrons. The summed E-state index contributed by atoms with van der Waals surface area (Å²) in [5, 5.41) is 15.4. The minimum absolute atomic E-state index is 0.317. The lowest BCUT2D eigenvalue weighted by Gasteiger charge is -2.00. The summed E-state index contributed by atoms with van der Waals surface area (Å²) in [4.78, 5) is 0. The quantitative estimate of drug-likeness (QED) is 0.700. The van der Waals surface area contributed by atoms with Gasteiger partial charge in [-0.05, 0) is 18.2 Å². The van der Waals surface area contributed by atoms with Gasteiger partial charge in [-0.25, -0.2) is 4.39 Å². The number of hydrogen-bond acceptors (Lipinski definition) is 2. The van der Waals surface area contributed by atoms with E-state index in [-0.39, 0.29) is 5.75 Å². The number of aromatic hydroxyl groups is 1. The summed E-state index contributed by atoms with van der Waals surface area (Å²) < 4.78 is 13.3. The monoisotopic (exact) mass is 178 g/mol. The van der Waals surface area contributed by atoms with Crippen molar-refractivity contribution in [3.05, 3.63) is 36.3 Å². The summed E-state index contributed by atoms with van der Waals surface area (Å²) in [6, 6.07) is 6.09. The maximum absolute atomic E-state index is 13.3. The molecule has 2 rings (SSSR count). The van der Waals surface area contributed by atoms with Crippen LogP contribution in [0.5, 0.6) is 5.75 Å². The van der Waals surface area contributed by atoms with Gasteiger partial charge in [-0.2, -0.15) is 5.10 Å². The number of phenolic OH excluding ortho intramolecular Hbond substituents is 1. The Morgan fingerprint density at radius 1 is 1.31 bits per heavy atom. The van der Waals surface area contributed by atoms with E-state index in [1.165, 1.54) is 12.3 Å². The summed E-state index contributed by atoms with van der Waals surface area (Å²) in [5.74, 6) is -0.987. The molecule has 0 bridgehead atoms. The minimum Gasteiger partial charge on any atom is -0.505 e. The highest BCUT2D eigenvalue weighted by atomic mass is 19.1. The average Bonchev–Trinajstić information content (AvgIpc) is 2.62. The van der Waals surface area contributed by atoms with E-state index in [1.54, 1.807) is 18.2 Å². The summed E-state index contributed by atoms with van der Waals surface area (Å²) >= 11 is 0. The van der Waals surface area contributed by atoms with E-state index in [0.29, 0.717) is 11.3 Å². The molecule has 0 aliphatic rings. The van der Waals surface area contributed by atoms with Gasteiger partial charge in [0, 0.05) is 11.8 Å². The van der Waals surface area contributed by atoms with Gasteiger partial charge in [0.25, 0.3) is 0 Å². The number of rotatable bonds is 1. The second kappa shape index (κ2) is 2.90. The van der Waals surface area contributed by atoms with Crippen molar-refractivity contribution < 1.29 is 9.50 Å². The molecule has 1 aromatic carbocycles. The number of phenols is 1. The van der Waals surface area contributed by atoms with Crippen molar-refractivity contribution >= 4 is 0 Å². The average molecular weight is 178 g/mol. The first-order chi connectivity index (χ1) is 6.29. The molecule has 0 aliphatic carbocycles. The van der Waals surface area contributed by atoms with Gasteiger partial charge in [-0.15, -0.1) is 0 Å². The van der Waals surface area contributed by atoms with Crippen LogP contribution in [0, 0.1) is 5.82 Å². The third-order valence-electron chi connectivity index (χ3n) is 1.77. The standard InChI is InChI=1S/C9H7FN2O/c10-9-6(2-1-3-8(9)13)7-4-5-11-12-7/h1-5,13H,(H,11,12). The zero-order valence-electron chi connectivity index (χ0n) is 6.66. The van der Waals surface area contributed by atoms with Crippen LogP contribution in [-0.2, 0) is 0 Å². The fourth-order valence-corrected chi connectivity index (χ4v) is 1.13. The van der Waals surface area contributed by atoms with Crippen molar-refractivity contribution in [2.45, 2.75) is 0 Å². The maximum Gasteiger partial charge on any atom is 0.174 e. The first-order valence-electron chi connectivity index (χ1n) is 3.76. The molecule has 0 saturated carbocycles. The highest BCUT2D eigenvalue weighted by molar-refractivity contribution is 5.61. The second-order valence-corrected chi connectivity index (χ2v) is 2.61. The first-order valence-corrected chi connectivity index (χ1v) is 3.76. The summed E-state index contributed by atoms with van der Waals surface area (Å²) in [6.45, 7) is 0. The molecule has 3 nitrogen and oxygen atoms in total. The molecule has 0 aliphatic heterocycles. The third-order valence-corrected chi connectivity index (χ3v) is 1.77. The molecule has 13 heavy (non-hydrogen) atoms. The van der Waals surface area contributed by atoms with Crippen LogP contribution in [0.4, 0.5) is 4.39 Å². The van der Waals surface area contributed by atoms with Gasteiger partial charge in [-0.3, -0.25) is 5.10 Å². The third kappa shape index (κ3) is 1.26. The van der Waals surface area contributed by atoms with Crippen LogP contribution in [0.25, 0.3) is 11.3 Å². The summed E-state index contributed by atoms with van der Waals surface area (Å²) in [6.07, 6.45) is 1.53. The van der Waals surface area contributed by atoms with E-state index in [2.05, 4.69) is 10.2 Å². The van der Waals surface area contributed by atoms with Gasteiger partial charge in [0.15, 0.2) is 11.6 Å². The Bertz CT molecular complexity index is 412. The number of halogens is 1. The zero-order valence-corrected chi connectivity index (χ0v) is 6.66. The molecule has 0 fully saturated rings. The van der Waals surface area contributed by atoms with Crippen molar-refractivity contribution in [3.8, 4) is 17.0 Å². The number of nitrogens with zero attached hydrogens (tertiary/aromatic N) is 1. The van der Waals surface area contributed by atoms with Crippen molar-refractivity contribution in [1.82, 2.24) is 10.2 Å². The minimum atomic E-state index is -0.633. The lowest BCUT2D eigenvalue weighted by Crippen LogP contribution is -1.84. The number of hydrogen-bond donors (Lipinski definition) is 2. The van der Waals surface area contributed by atoms with Crippen LogP contribution < -0.4 is 0 Å². The van der Waals surface area contributed by atoms with Gasteiger partial charge in [0.05, 0.1) is 5.69 Å². The molecular formula is C9H7FN2O. The van der Waals surface area contributed by atoms with E-state index in [4.69, 9.17) is 5.11 Å². The smallest absolute Gasteiger partial charge is 0.174 e. The van der Waals surface area contributed by atoms with Crippen molar-refractivity contribution in [2.24, 2.45) is 0 Å². The maximum atomic E-state index is 13.3. The normalized spacial score (nSPS) is 10.2. The predicted molar refractivity (Wildman–Crippen MR) is 45.6 cm³/mol. The molecule has 2 N–H and O–H groups in total. The Hall–Kier alpha value is -1.84. The number of benzene rings is 1. The number of aromatic nitrogens is 2. The Labute approximate surface area is 73.8 Å². The number of H-pyrrole nitrogens is 1. The Balaban J connectivity index is 2.59. The fourth-order valence-electron chi connectivity index (χ4n) is 1.13. The number of aromatic amines is 1.